The Morgan fingerprint density at radius 3 is 2.94 bits per heavy atom. The van der Waals surface area contributed by atoms with Crippen LogP contribution in [-0.2, 0) is 9.47 Å². The minimum absolute atomic E-state index is 0.387. The lowest BCUT2D eigenvalue weighted by molar-refractivity contribution is 0.0306. The third-order valence-electron chi connectivity index (χ3n) is 3.79. The molecule has 4 nitrogen and oxygen atoms in total. The van der Waals surface area contributed by atoms with Crippen molar-refractivity contribution in [2.24, 2.45) is 5.92 Å². The lowest BCUT2D eigenvalue weighted by Crippen LogP contribution is -2.42. The van der Waals surface area contributed by atoms with Crippen molar-refractivity contribution >= 4 is 0 Å². The molecule has 1 aliphatic carbocycles. The van der Waals surface area contributed by atoms with Crippen LogP contribution in [-0.4, -0.2) is 49.7 Å². The Morgan fingerprint density at radius 1 is 1.39 bits per heavy atom. The van der Waals surface area contributed by atoms with Crippen molar-refractivity contribution in [2.75, 3.05) is 26.4 Å². The molecule has 1 saturated heterocycles. The van der Waals surface area contributed by atoms with Gasteiger partial charge >= 0.3 is 0 Å². The van der Waals surface area contributed by atoms with Crippen molar-refractivity contribution in [3.63, 3.8) is 0 Å². The lowest BCUT2D eigenvalue weighted by Gasteiger charge is -2.21. The van der Waals surface area contributed by atoms with E-state index in [4.69, 9.17) is 9.47 Å². The predicted octanol–water partition coefficient (Wildman–Crippen LogP) is 1.32. The van der Waals surface area contributed by atoms with Crippen molar-refractivity contribution in [1.82, 2.24) is 5.32 Å². The highest BCUT2D eigenvalue weighted by Gasteiger charge is 2.40. The first-order valence-electron chi connectivity index (χ1n) is 7.42. The minimum atomic E-state index is -0.401. The second-order valence-electron chi connectivity index (χ2n) is 5.56. The fourth-order valence-electron chi connectivity index (χ4n) is 2.53. The Balaban J connectivity index is 1.55. The summed E-state index contributed by atoms with van der Waals surface area (Å²) in [5.41, 5.74) is 0. The second kappa shape index (κ2) is 7.43. The van der Waals surface area contributed by atoms with Gasteiger partial charge in [-0.1, -0.05) is 13.3 Å². The monoisotopic (exact) mass is 257 g/mol. The van der Waals surface area contributed by atoms with E-state index in [1.807, 2.05) is 0 Å². The molecule has 0 spiro atoms. The van der Waals surface area contributed by atoms with Gasteiger partial charge in [-0.3, -0.25) is 0 Å². The maximum atomic E-state index is 9.82. The minimum Gasteiger partial charge on any atom is -0.389 e. The Labute approximate surface area is 110 Å². The van der Waals surface area contributed by atoms with Crippen LogP contribution in [0.1, 0.15) is 39.0 Å². The Morgan fingerprint density at radius 2 is 2.22 bits per heavy atom. The number of unbranched alkanes of at least 4 members (excludes halogenated alkanes) is 1. The number of hydrogen-bond acceptors (Lipinski definition) is 4. The highest BCUT2D eigenvalue weighted by Crippen LogP contribution is 2.38. The number of ether oxygens (including phenoxy) is 2. The van der Waals surface area contributed by atoms with E-state index in [-0.39, 0.29) is 0 Å². The second-order valence-corrected chi connectivity index (χ2v) is 5.56. The maximum absolute atomic E-state index is 9.82. The largest absolute Gasteiger partial charge is 0.389 e. The van der Waals surface area contributed by atoms with Crippen LogP contribution in [0.4, 0.5) is 0 Å². The van der Waals surface area contributed by atoms with Crippen LogP contribution >= 0.6 is 0 Å². The Hall–Kier alpha value is -0.160. The molecule has 4 heteroatoms. The SMILES string of the molecule is CCCCOCC(O)CNC1CCOC1C1CC1. The quantitative estimate of drug-likeness (QED) is 0.612. The molecular formula is C14H27NO3. The number of nitrogens with one attached hydrogen (secondary N) is 1. The summed E-state index contributed by atoms with van der Waals surface area (Å²) in [6.07, 6.45) is 5.89. The smallest absolute Gasteiger partial charge is 0.0897 e. The zero-order chi connectivity index (χ0) is 12.8. The van der Waals surface area contributed by atoms with E-state index in [0.29, 0.717) is 25.3 Å². The maximum Gasteiger partial charge on any atom is 0.0897 e. The molecule has 1 aliphatic heterocycles. The fraction of sp³-hybridized carbons (Fsp3) is 1.00. The van der Waals surface area contributed by atoms with Crippen molar-refractivity contribution < 1.29 is 14.6 Å². The Bertz CT molecular complexity index is 233. The van der Waals surface area contributed by atoms with E-state index in [2.05, 4.69) is 12.2 Å². The van der Waals surface area contributed by atoms with Gasteiger partial charge in [-0.2, -0.15) is 0 Å². The summed E-state index contributed by atoms with van der Waals surface area (Å²) >= 11 is 0. The molecule has 0 radical (unpaired) electrons. The van der Waals surface area contributed by atoms with E-state index in [9.17, 15) is 5.11 Å². The van der Waals surface area contributed by atoms with Gasteiger partial charge in [-0.05, 0) is 31.6 Å². The highest BCUT2D eigenvalue weighted by molar-refractivity contribution is 4.93. The first-order valence-corrected chi connectivity index (χ1v) is 7.42. The lowest BCUT2D eigenvalue weighted by atomic mass is 10.1. The summed E-state index contributed by atoms with van der Waals surface area (Å²) in [5.74, 6) is 0.767. The van der Waals surface area contributed by atoms with Crippen LogP contribution in [0, 0.1) is 5.92 Å². The normalized spacial score (nSPS) is 29.7. The number of rotatable bonds is 9. The zero-order valence-corrected chi connectivity index (χ0v) is 11.4. The molecule has 1 heterocycles. The van der Waals surface area contributed by atoms with E-state index in [0.717, 1.165) is 38.4 Å². The van der Waals surface area contributed by atoms with Crippen LogP contribution in [0.3, 0.4) is 0 Å². The van der Waals surface area contributed by atoms with Gasteiger partial charge in [0, 0.05) is 25.8 Å². The molecule has 2 N–H and O–H groups in total. The molecule has 2 aliphatic rings. The van der Waals surface area contributed by atoms with Crippen molar-refractivity contribution in [1.29, 1.82) is 0 Å². The van der Waals surface area contributed by atoms with E-state index in [1.54, 1.807) is 0 Å². The molecule has 3 atom stereocenters. The van der Waals surface area contributed by atoms with E-state index >= 15 is 0 Å². The molecule has 2 fully saturated rings. The zero-order valence-electron chi connectivity index (χ0n) is 11.4. The molecule has 0 amide bonds. The molecule has 3 unspecified atom stereocenters. The first-order chi connectivity index (χ1) is 8.81. The van der Waals surface area contributed by atoms with Crippen molar-refractivity contribution in [3.05, 3.63) is 0 Å². The third kappa shape index (κ3) is 4.50. The van der Waals surface area contributed by atoms with Gasteiger partial charge in [0.25, 0.3) is 0 Å². The summed E-state index contributed by atoms with van der Waals surface area (Å²) in [6.45, 7) is 4.81. The van der Waals surface area contributed by atoms with Crippen LogP contribution in [0.25, 0.3) is 0 Å². The van der Waals surface area contributed by atoms with Crippen LogP contribution < -0.4 is 5.32 Å². The van der Waals surface area contributed by atoms with E-state index < -0.39 is 6.10 Å². The molecule has 2 rings (SSSR count). The van der Waals surface area contributed by atoms with Crippen LogP contribution in [0.15, 0.2) is 0 Å². The fourth-order valence-corrected chi connectivity index (χ4v) is 2.53. The van der Waals surface area contributed by atoms with Crippen molar-refractivity contribution in [3.8, 4) is 0 Å². The summed E-state index contributed by atoms with van der Waals surface area (Å²) in [6, 6.07) is 0.433. The molecule has 106 valence electrons. The number of aliphatic hydroxyl groups is 1. The third-order valence-corrected chi connectivity index (χ3v) is 3.79. The molecule has 1 saturated carbocycles. The van der Waals surface area contributed by atoms with Gasteiger partial charge in [-0.25, -0.2) is 0 Å². The average molecular weight is 257 g/mol. The summed E-state index contributed by atoms with van der Waals surface area (Å²) in [7, 11) is 0. The number of hydrogen-bond donors (Lipinski definition) is 2. The Kier molecular flexibility index (Phi) is 5.89. The molecule has 0 aromatic carbocycles. The predicted molar refractivity (Wildman–Crippen MR) is 70.6 cm³/mol. The summed E-state index contributed by atoms with van der Waals surface area (Å²) < 4.78 is 11.2. The van der Waals surface area contributed by atoms with E-state index in [1.165, 1.54) is 12.8 Å². The summed E-state index contributed by atoms with van der Waals surface area (Å²) in [5, 5.41) is 13.3. The average Bonchev–Trinajstić information content (AvgIpc) is 3.11. The molecular weight excluding hydrogens is 230 g/mol. The van der Waals surface area contributed by atoms with Gasteiger partial charge in [-0.15, -0.1) is 0 Å². The van der Waals surface area contributed by atoms with Crippen molar-refractivity contribution in [2.45, 2.75) is 57.3 Å². The first kappa shape index (κ1) is 14.3. The standard InChI is InChI=1S/C14H27NO3/c1-2-3-7-17-10-12(16)9-15-13-6-8-18-14(13)11-4-5-11/h11-16H,2-10H2,1H3. The molecule has 18 heavy (non-hydrogen) atoms. The summed E-state index contributed by atoms with van der Waals surface area (Å²) in [4.78, 5) is 0. The van der Waals surface area contributed by atoms with Gasteiger partial charge in [0.15, 0.2) is 0 Å². The van der Waals surface area contributed by atoms with Crippen LogP contribution in [0.5, 0.6) is 0 Å². The van der Waals surface area contributed by atoms with Gasteiger partial charge in [0.2, 0.25) is 0 Å². The van der Waals surface area contributed by atoms with Gasteiger partial charge < -0.3 is 19.9 Å². The van der Waals surface area contributed by atoms with Crippen LogP contribution in [0.2, 0.25) is 0 Å². The van der Waals surface area contributed by atoms with Gasteiger partial charge in [0.1, 0.15) is 0 Å². The highest BCUT2D eigenvalue weighted by atomic mass is 16.5. The molecule has 0 aromatic heterocycles. The molecule has 0 aromatic rings. The topological polar surface area (TPSA) is 50.7 Å². The van der Waals surface area contributed by atoms with Gasteiger partial charge in [0.05, 0.1) is 18.8 Å². The number of aliphatic hydroxyl groups excluding tert-OH is 1. The molecule has 0 bridgehead atoms.